The summed E-state index contributed by atoms with van der Waals surface area (Å²) in [6.07, 6.45) is 0. The topological polar surface area (TPSA) is 122 Å². The third kappa shape index (κ3) is 146. The SMILES string of the molecule is [Al+3].[Li+].[Na+].[O-][Si]([O-])([O-])[O-].[OH-]. The van der Waals surface area contributed by atoms with Gasteiger partial charge in [-0.2, -0.15) is 0 Å². The summed E-state index contributed by atoms with van der Waals surface area (Å²) in [5, 5.41) is 0. The molecule has 0 aliphatic rings. The van der Waals surface area contributed by atoms with Crippen molar-refractivity contribution in [3.8, 4) is 0 Å². The molecule has 0 spiro atoms. The van der Waals surface area contributed by atoms with E-state index >= 15 is 0 Å². The van der Waals surface area contributed by atoms with Crippen LogP contribution in [0.15, 0.2) is 0 Å². The molecule has 5 nitrogen and oxygen atoms in total. The van der Waals surface area contributed by atoms with E-state index in [2.05, 4.69) is 0 Å². The van der Waals surface area contributed by atoms with Crippen LogP contribution in [0.1, 0.15) is 0 Å². The van der Waals surface area contributed by atoms with Crippen molar-refractivity contribution >= 4 is 26.4 Å². The summed E-state index contributed by atoms with van der Waals surface area (Å²) < 4.78 is 0. The fraction of sp³-hybridized carbons (Fsp3) is 0. The molecular weight excluding hydrogens is 165 g/mol. The first-order valence-electron chi connectivity index (χ1n) is 0.816. The van der Waals surface area contributed by atoms with Crippen molar-refractivity contribution < 1.29 is 73.1 Å². The zero-order valence-electron chi connectivity index (χ0n) is 5.16. The van der Waals surface area contributed by atoms with Crippen LogP contribution in [0.5, 0.6) is 0 Å². The Bertz CT molecular complexity index is 32.4. The van der Waals surface area contributed by atoms with Crippen molar-refractivity contribution in [3.05, 3.63) is 0 Å². The molecule has 0 atom stereocenters. The van der Waals surface area contributed by atoms with Gasteiger partial charge in [0, 0.05) is 0 Å². The molecule has 9 heteroatoms. The maximum absolute atomic E-state index is 8.58. The summed E-state index contributed by atoms with van der Waals surface area (Å²) in [6, 6.07) is 0. The zero-order valence-corrected chi connectivity index (χ0v) is 9.31. The molecule has 0 bridgehead atoms. The van der Waals surface area contributed by atoms with E-state index in [-0.39, 0.29) is 71.3 Å². The predicted molar refractivity (Wildman–Crippen MR) is 13.4 cm³/mol. The second-order valence-electron chi connectivity index (χ2n) is 0.500. The summed E-state index contributed by atoms with van der Waals surface area (Å²) in [6.45, 7) is 0. The fourth-order valence-electron chi connectivity index (χ4n) is 0. The Hall–Kier alpha value is 2.15. The van der Waals surface area contributed by atoms with Crippen LogP contribution in [-0.4, -0.2) is 31.9 Å². The van der Waals surface area contributed by atoms with Gasteiger partial charge in [0.05, 0.1) is 0 Å². The Balaban J connectivity index is -0.0000000133. The summed E-state index contributed by atoms with van der Waals surface area (Å²) in [7, 11) is -5.61. The molecule has 0 fully saturated rings. The summed E-state index contributed by atoms with van der Waals surface area (Å²) >= 11 is 0. The van der Waals surface area contributed by atoms with Crippen LogP contribution in [0.25, 0.3) is 0 Å². The molecule has 0 aromatic carbocycles. The van der Waals surface area contributed by atoms with Gasteiger partial charge in [0.2, 0.25) is 0 Å². The molecule has 0 aliphatic heterocycles. The van der Waals surface area contributed by atoms with Crippen molar-refractivity contribution in [2.24, 2.45) is 0 Å². The Kier molecular flexibility index (Phi) is 43.2. The van der Waals surface area contributed by atoms with Crippen molar-refractivity contribution in [2.45, 2.75) is 0 Å². The average Bonchev–Trinajstić information content (AvgIpc) is 0.722. The second kappa shape index (κ2) is 12.8. The van der Waals surface area contributed by atoms with Gasteiger partial charge in [-0.3, -0.25) is 0 Å². The molecular formula is HAlLiNaO5Si. The third-order valence-electron chi connectivity index (χ3n) is 0. The molecule has 1 N–H and O–H groups in total. The third-order valence-corrected chi connectivity index (χ3v) is 0. The first-order chi connectivity index (χ1) is 2.00. The van der Waals surface area contributed by atoms with E-state index in [0.717, 1.165) is 0 Å². The fourth-order valence-corrected chi connectivity index (χ4v) is 0. The minimum atomic E-state index is -5.61. The average molecular weight is 166 g/mol. The number of hydrogen-bond donors (Lipinski definition) is 0. The molecule has 0 radical (unpaired) electrons. The summed E-state index contributed by atoms with van der Waals surface area (Å²) in [5.41, 5.74) is 0. The molecule has 0 aromatic rings. The molecule has 40 valence electrons. The van der Waals surface area contributed by atoms with Gasteiger partial charge in [-0.25, -0.2) is 0 Å². The normalized spacial score (nSPS) is 6.67. The van der Waals surface area contributed by atoms with E-state index < -0.39 is 9.05 Å². The maximum atomic E-state index is 8.58. The van der Waals surface area contributed by atoms with Gasteiger partial charge in [0.1, 0.15) is 0 Å². The van der Waals surface area contributed by atoms with Gasteiger partial charge in [-0.1, -0.05) is 0 Å². The van der Waals surface area contributed by atoms with E-state index in [9.17, 15) is 0 Å². The van der Waals surface area contributed by atoms with Crippen molar-refractivity contribution in [3.63, 3.8) is 0 Å². The van der Waals surface area contributed by atoms with Crippen LogP contribution >= 0.6 is 0 Å². The van der Waals surface area contributed by atoms with E-state index in [1.165, 1.54) is 0 Å². The molecule has 9 heavy (non-hydrogen) atoms. The largest absolute Gasteiger partial charge is 3.00 e. The van der Waals surface area contributed by atoms with Crippen molar-refractivity contribution in [1.29, 1.82) is 0 Å². The molecule has 0 rings (SSSR count). The molecule has 0 aliphatic carbocycles. The van der Waals surface area contributed by atoms with Gasteiger partial charge >= 0.3 is 65.8 Å². The Labute approximate surface area is 98.5 Å². The first kappa shape index (κ1) is 30.4. The van der Waals surface area contributed by atoms with Crippen LogP contribution in [0.4, 0.5) is 0 Å². The Morgan fingerprint density at radius 3 is 0.889 bits per heavy atom. The molecule has 0 unspecified atom stereocenters. The van der Waals surface area contributed by atoms with Gasteiger partial charge in [-0.05, 0) is 0 Å². The Morgan fingerprint density at radius 1 is 0.889 bits per heavy atom. The van der Waals surface area contributed by atoms with Crippen LogP contribution in [0.3, 0.4) is 0 Å². The zero-order chi connectivity index (χ0) is 4.50. The van der Waals surface area contributed by atoms with E-state index in [1.54, 1.807) is 0 Å². The quantitative estimate of drug-likeness (QED) is 0.330. The van der Waals surface area contributed by atoms with Crippen LogP contribution in [-0.2, 0) is 0 Å². The van der Waals surface area contributed by atoms with Crippen molar-refractivity contribution in [1.82, 2.24) is 0 Å². The molecule has 0 heterocycles. The Morgan fingerprint density at radius 2 is 0.889 bits per heavy atom. The van der Waals surface area contributed by atoms with Crippen LogP contribution in [0, 0.1) is 0 Å². The molecule has 0 saturated heterocycles. The van der Waals surface area contributed by atoms with Crippen LogP contribution < -0.4 is 67.6 Å². The van der Waals surface area contributed by atoms with Crippen LogP contribution in [0.2, 0.25) is 0 Å². The van der Waals surface area contributed by atoms with Gasteiger partial charge in [0.25, 0.3) is 0 Å². The van der Waals surface area contributed by atoms with Gasteiger partial charge in [0.15, 0.2) is 0 Å². The van der Waals surface area contributed by atoms with Gasteiger partial charge in [-0.15, -0.1) is 0 Å². The predicted octanol–water partition coefficient (Wildman–Crippen LogP) is -11.7. The minimum Gasteiger partial charge on any atom is -0.894 e. The van der Waals surface area contributed by atoms with Gasteiger partial charge < -0.3 is 33.7 Å². The maximum Gasteiger partial charge on any atom is 3.00 e. The number of hydrogen-bond acceptors (Lipinski definition) is 5. The minimum absolute atomic E-state index is 0. The molecule has 0 saturated carbocycles. The number of rotatable bonds is 0. The molecule has 0 aromatic heterocycles. The smallest absolute Gasteiger partial charge is 0.894 e. The summed E-state index contributed by atoms with van der Waals surface area (Å²) in [4.78, 5) is 34.3. The second-order valence-corrected chi connectivity index (χ2v) is 1.50. The summed E-state index contributed by atoms with van der Waals surface area (Å²) in [5.74, 6) is 0. The monoisotopic (exact) mass is 166 g/mol. The van der Waals surface area contributed by atoms with E-state index in [1.807, 2.05) is 0 Å². The standard InChI is InChI=1S/Al.Li.Na.O4Si.H2O/c;;;1-5(2,3)4;/h;;;;1H2/q+3;2*+1;-4;/p-1. The first-order valence-corrected chi connectivity index (χ1v) is 2.45. The molecule has 0 amide bonds. The van der Waals surface area contributed by atoms with E-state index in [4.69, 9.17) is 19.2 Å². The van der Waals surface area contributed by atoms with Crippen molar-refractivity contribution in [2.75, 3.05) is 0 Å². The van der Waals surface area contributed by atoms with E-state index in [0.29, 0.717) is 0 Å².